The minimum absolute atomic E-state index is 0.0839. The van der Waals surface area contributed by atoms with Gasteiger partial charge in [0.15, 0.2) is 11.5 Å². The van der Waals surface area contributed by atoms with E-state index in [1.165, 1.54) is 4.68 Å². The fourth-order valence-electron chi connectivity index (χ4n) is 3.92. The van der Waals surface area contributed by atoms with Gasteiger partial charge in [0.05, 0.1) is 11.9 Å². The van der Waals surface area contributed by atoms with Crippen molar-refractivity contribution in [2.75, 3.05) is 24.7 Å². The Morgan fingerprint density at radius 1 is 0.971 bits per heavy atom. The van der Waals surface area contributed by atoms with Gasteiger partial charge in [-0.2, -0.15) is 0 Å². The van der Waals surface area contributed by atoms with E-state index >= 15 is 0 Å². The van der Waals surface area contributed by atoms with Gasteiger partial charge in [0.25, 0.3) is 5.56 Å². The molecule has 0 N–H and O–H groups in total. The number of aryl methyl sites for hydroxylation is 1. The average Bonchev–Trinajstić information content (AvgIpc) is 2.91. The van der Waals surface area contributed by atoms with Crippen molar-refractivity contribution in [1.82, 2.24) is 15.0 Å². The highest BCUT2D eigenvalue weighted by molar-refractivity contribution is 5.94. The van der Waals surface area contributed by atoms with Crippen LogP contribution in [0.25, 0.3) is 17.0 Å². The van der Waals surface area contributed by atoms with Crippen LogP contribution < -0.4 is 19.9 Å². The van der Waals surface area contributed by atoms with Gasteiger partial charge in [-0.05, 0) is 29.8 Å². The lowest BCUT2D eigenvalue weighted by atomic mass is 10.2. The maximum absolute atomic E-state index is 13.4. The van der Waals surface area contributed by atoms with Crippen LogP contribution in [-0.2, 0) is 11.3 Å². The van der Waals surface area contributed by atoms with E-state index in [1.54, 1.807) is 29.2 Å². The van der Waals surface area contributed by atoms with Crippen molar-refractivity contribution in [3.63, 3.8) is 0 Å². The van der Waals surface area contributed by atoms with Crippen LogP contribution in [0.5, 0.6) is 11.5 Å². The Balaban J connectivity index is 1.37. The molecular weight excluding hydrogens is 444 g/mol. The molecule has 1 aromatic heterocycles. The number of anilines is 1. The first kappa shape index (κ1) is 22.3. The number of rotatable bonds is 7. The van der Waals surface area contributed by atoms with Gasteiger partial charge >= 0.3 is 0 Å². The lowest BCUT2D eigenvalue weighted by Crippen LogP contribution is -2.33. The van der Waals surface area contributed by atoms with Crippen LogP contribution >= 0.6 is 0 Å². The zero-order valence-corrected chi connectivity index (χ0v) is 19.0. The normalized spacial score (nSPS) is 12.7. The van der Waals surface area contributed by atoms with Crippen molar-refractivity contribution >= 4 is 28.6 Å². The topological polar surface area (TPSA) is 86.5 Å². The summed E-state index contributed by atoms with van der Waals surface area (Å²) in [6, 6.07) is 22.4. The molecule has 0 radical (unpaired) electrons. The Bertz CT molecular complexity index is 1430. The van der Waals surface area contributed by atoms with E-state index in [0.717, 1.165) is 5.56 Å². The van der Waals surface area contributed by atoms with Crippen LogP contribution in [-0.4, -0.2) is 40.7 Å². The summed E-state index contributed by atoms with van der Waals surface area (Å²) in [6.07, 6.45) is 3.99. The average molecular weight is 469 g/mol. The first-order valence-electron chi connectivity index (χ1n) is 11.4. The van der Waals surface area contributed by atoms with Crippen LogP contribution in [0.3, 0.4) is 0 Å². The number of aromatic nitrogens is 3. The molecule has 1 amide bonds. The Morgan fingerprint density at radius 2 is 1.74 bits per heavy atom. The molecule has 1 aliphatic heterocycles. The second kappa shape index (κ2) is 10.2. The number of hydrogen-bond acceptors (Lipinski definition) is 6. The molecule has 1 aliphatic rings. The molecule has 0 unspecified atom stereocenters. The monoisotopic (exact) mass is 468 g/mol. The van der Waals surface area contributed by atoms with E-state index in [4.69, 9.17) is 9.47 Å². The molecule has 35 heavy (non-hydrogen) atoms. The van der Waals surface area contributed by atoms with Crippen LogP contribution in [0.15, 0.2) is 83.7 Å². The number of nitrogens with zero attached hydrogens (tertiary/aromatic N) is 4. The molecule has 5 rings (SSSR count). The molecule has 2 heterocycles. The maximum Gasteiger partial charge on any atom is 0.277 e. The van der Waals surface area contributed by atoms with Gasteiger partial charge < -0.3 is 14.4 Å². The van der Waals surface area contributed by atoms with Crippen molar-refractivity contribution < 1.29 is 14.3 Å². The smallest absolute Gasteiger partial charge is 0.277 e. The minimum atomic E-state index is -0.266. The summed E-state index contributed by atoms with van der Waals surface area (Å²) < 4.78 is 12.6. The Morgan fingerprint density at radius 3 is 2.60 bits per heavy atom. The van der Waals surface area contributed by atoms with E-state index in [-0.39, 0.29) is 24.4 Å². The van der Waals surface area contributed by atoms with Crippen molar-refractivity contribution in [2.45, 2.75) is 13.0 Å². The lowest BCUT2D eigenvalue weighted by Gasteiger charge is -2.24. The quantitative estimate of drug-likeness (QED) is 0.411. The molecule has 3 aromatic carbocycles. The van der Waals surface area contributed by atoms with E-state index in [9.17, 15) is 9.59 Å². The van der Waals surface area contributed by atoms with Gasteiger partial charge in [-0.1, -0.05) is 59.8 Å². The third kappa shape index (κ3) is 5.06. The summed E-state index contributed by atoms with van der Waals surface area (Å²) in [6.45, 7) is 1.43. The maximum atomic E-state index is 13.4. The SMILES string of the molecule is O=C(CCn1nnc2ccccc2c1=O)N(C/C=C/c1ccccc1)c1ccc2c(c1)OCCO2. The number of carbonyl (C=O) groups is 1. The number of ether oxygens (including phenoxy) is 2. The summed E-state index contributed by atoms with van der Waals surface area (Å²) >= 11 is 0. The molecule has 4 aromatic rings. The number of carbonyl (C=O) groups excluding carboxylic acids is 1. The number of hydrogen-bond donors (Lipinski definition) is 0. The van der Waals surface area contributed by atoms with Crippen LogP contribution in [0, 0.1) is 0 Å². The zero-order valence-electron chi connectivity index (χ0n) is 19.0. The van der Waals surface area contributed by atoms with Gasteiger partial charge in [-0.15, -0.1) is 5.10 Å². The second-order valence-corrected chi connectivity index (χ2v) is 8.03. The third-order valence-corrected chi connectivity index (χ3v) is 5.70. The predicted octanol–water partition coefficient (Wildman–Crippen LogP) is 3.70. The highest BCUT2D eigenvalue weighted by atomic mass is 16.6. The molecule has 0 saturated heterocycles. The Labute approximate surface area is 202 Å². The minimum Gasteiger partial charge on any atom is -0.486 e. The van der Waals surface area contributed by atoms with Gasteiger partial charge in [0.2, 0.25) is 5.91 Å². The third-order valence-electron chi connectivity index (χ3n) is 5.70. The molecule has 0 bridgehead atoms. The molecule has 0 aliphatic carbocycles. The molecular formula is C27H24N4O4. The molecule has 8 nitrogen and oxygen atoms in total. The van der Waals surface area contributed by atoms with E-state index in [2.05, 4.69) is 10.3 Å². The molecule has 0 atom stereocenters. The van der Waals surface area contributed by atoms with Gasteiger partial charge in [-0.3, -0.25) is 9.59 Å². The number of benzene rings is 3. The van der Waals surface area contributed by atoms with Gasteiger partial charge in [-0.25, -0.2) is 4.68 Å². The molecule has 0 spiro atoms. The fourth-order valence-corrected chi connectivity index (χ4v) is 3.92. The predicted molar refractivity (Wildman–Crippen MR) is 134 cm³/mol. The van der Waals surface area contributed by atoms with Crippen LogP contribution in [0.4, 0.5) is 5.69 Å². The number of amides is 1. The van der Waals surface area contributed by atoms with Gasteiger partial charge in [0, 0.05) is 24.7 Å². The second-order valence-electron chi connectivity index (χ2n) is 8.03. The Hall–Kier alpha value is -4.46. The lowest BCUT2D eigenvalue weighted by molar-refractivity contribution is -0.118. The summed E-state index contributed by atoms with van der Waals surface area (Å²) in [5.74, 6) is 1.11. The van der Waals surface area contributed by atoms with E-state index < -0.39 is 0 Å². The number of fused-ring (bicyclic) bond motifs is 2. The summed E-state index contributed by atoms with van der Waals surface area (Å²) in [4.78, 5) is 27.8. The molecule has 0 fully saturated rings. The van der Waals surface area contributed by atoms with Crippen LogP contribution in [0.1, 0.15) is 12.0 Å². The summed E-state index contributed by atoms with van der Waals surface area (Å²) in [7, 11) is 0. The first-order valence-corrected chi connectivity index (χ1v) is 11.4. The molecule has 0 saturated carbocycles. The standard InChI is InChI=1S/C27H24N4O4/c32-26(14-16-31-27(33)22-10-4-5-11-23(22)28-29-31)30(15-6-9-20-7-2-1-3-8-20)21-12-13-24-25(19-21)35-18-17-34-24/h1-13,19H,14-18H2/b9-6+. The Kier molecular flexibility index (Phi) is 6.52. The van der Waals surface area contributed by atoms with Crippen molar-refractivity contribution in [2.24, 2.45) is 0 Å². The fraction of sp³-hybridized carbons (Fsp3) is 0.185. The summed E-state index contributed by atoms with van der Waals surface area (Å²) in [5, 5.41) is 8.58. The largest absolute Gasteiger partial charge is 0.486 e. The first-order chi connectivity index (χ1) is 17.2. The van der Waals surface area contributed by atoms with E-state index in [1.807, 2.05) is 60.7 Å². The van der Waals surface area contributed by atoms with Crippen LogP contribution in [0.2, 0.25) is 0 Å². The highest BCUT2D eigenvalue weighted by Gasteiger charge is 2.19. The van der Waals surface area contributed by atoms with Crippen molar-refractivity contribution in [3.05, 3.63) is 94.8 Å². The van der Waals surface area contributed by atoms with Gasteiger partial charge in [0.1, 0.15) is 18.7 Å². The van der Waals surface area contributed by atoms with Crippen molar-refractivity contribution in [1.29, 1.82) is 0 Å². The summed E-state index contributed by atoms with van der Waals surface area (Å²) in [5.41, 5.74) is 2.00. The molecule has 176 valence electrons. The highest BCUT2D eigenvalue weighted by Crippen LogP contribution is 2.34. The molecule has 8 heteroatoms. The van der Waals surface area contributed by atoms with E-state index in [0.29, 0.717) is 47.8 Å². The zero-order chi connectivity index (χ0) is 24.0. The van der Waals surface area contributed by atoms with Crippen molar-refractivity contribution in [3.8, 4) is 11.5 Å².